The second-order valence-corrected chi connectivity index (χ2v) is 4.27. The summed E-state index contributed by atoms with van der Waals surface area (Å²) in [6.07, 6.45) is 5.93. The van der Waals surface area contributed by atoms with E-state index in [-0.39, 0.29) is 0 Å². The molecule has 6 heteroatoms. The predicted octanol–water partition coefficient (Wildman–Crippen LogP) is 1.78. The first-order chi connectivity index (χ1) is 7.85. The Morgan fingerprint density at radius 3 is 3.12 bits per heavy atom. The third-order valence-electron chi connectivity index (χ3n) is 2.38. The van der Waals surface area contributed by atoms with Gasteiger partial charge in [-0.15, -0.1) is 5.10 Å². The molecule has 1 N–H and O–H groups in total. The summed E-state index contributed by atoms with van der Waals surface area (Å²) in [7, 11) is 1.89. The molecule has 2 aromatic rings. The van der Waals surface area contributed by atoms with Gasteiger partial charge in [0.25, 0.3) is 0 Å². The van der Waals surface area contributed by atoms with Crippen molar-refractivity contribution in [3.63, 3.8) is 0 Å². The monoisotopic (exact) mass is 237 g/mol. The van der Waals surface area contributed by atoms with Crippen molar-refractivity contribution >= 4 is 16.5 Å². The first-order valence-corrected chi connectivity index (χ1v) is 6.11. The van der Waals surface area contributed by atoms with Crippen molar-refractivity contribution in [2.75, 3.05) is 12.4 Å². The van der Waals surface area contributed by atoms with Crippen molar-refractivity contribution in [1.29, 1.82) is 0 Å². The van der Waals surface area contributed by atoms with Gasteiger partial charge in [0.05, 0.1) is 6.54 Å². The zero-order valence-electron chi connectivity index (χ0n) is 9.47. The molecule has 0 bridgehead atoms. The molecule has 0 radical (unpaired) electrons. The highest BCUT2D eigenvalue weighted by Crippen LogP contribution is 2.18. The minimum atomic E-state index is 0.738. The highest BCUT2D eigenvalue weighted by Gasteiger charge is 2.09. The summed E-state index contributed by atoms with van der Waals surface area (Å²) < 4.78 is 6.07. The average Bonchev–Trinajstić information content (AvgIpc) is 2.89. The van der Waals surface area contributed by atoms with Crippen LogP contribution in [0, 0.1) is 0 Å². The van der Waals surface area contributed by atoms with Crippen molar-refractivity contribution in [1.82, 2.24) is 19.1 Å². The number of imidazole rings is 1. The molecule has 0 spiro atoms. The Labute approximate surface area is 98.7 Å². The molecule has 5 nitrogen and oxygen atoms in total. The van der Waals surface area contributed by atoms with Crippen molar-refractivity contribution < 1.29 is 0 Å². The first kappa shape index (κ1) is 11.1. The van der Waals surface area contributed by atoms with Gasteiger partial charge in [0.15, 0.2) is 0 Å². The molecule has 0 aromatic carbocycles. The highest BCUT2D eigenvalue weighted by atomic mass is 32.1. The van der Waals surface area contributed by atoms with Crippen LogP contribution in [0.25, 0.3) is 0 Å². The summed E-state index contributed by atoms with van der Waals surface area (Å²) in [4.78, 5) is 4.34. The van der Waals surface area contributed by atoms with Gasteiger partial charge in [0.2, 0.25) is 0 Å². The zero-order valence-corrected chi connectivity index (χ0v) is 10.3. The van der Waals surface area contributed by atoms with Gasteiger partial charge in [0, 0.05) is 37.4 Å². The fourth-order valence-corrected chi connectivity index (χ4v) is 2.12. The molecule has 0 saturated heterocycles. The number of nitrogens with one attached hydrogen (secondary N) is 1. The van der Waals surface area contributed by atoms with E-state index in [1.807, 2.05) is 19.4 Å². The van der Waals surface area contributed by atoms with Crippen LogP contribution in [0.4, 0.5) is 5.00 Å². The quantitative estimate of drug-likeness (QED) is 0.861. The van der Waals surface area contributed by atoms with Crippen molar-refractivity contribution in [2.45, 2.75) is 26.3 Å². The molecule has 0 amide bonds. The van der Waals surface area contributed by atoms with E-state index in [2.05, 4.69) is 31.4 Å². The van der Waals surface area contributed by atoms with E-state index >= 15 is 0 Å². The number of aromatic nitrogens is 4. The molecule has 2 heterocycles. The van der Waals surface area contributed by atoms with Gasteiger partial charge in [0.1, 0.15) is 16.5 Å². The minimum absolute atomic E-state index is 0.738. The van der Waals surface area contributed by atoms with E-state index in [9.17, 15) is 0 Å². The summed E-state index contributed by atoms with van der Waals surface area (Å²) in [5, 5.41) is 8.24. The summed E-state index contributed by atoms with van der Waals surface area (Å²) in [5.74, 6) is 1.11. The number of hydrogen-bond acceptors (Lipinski definition) is 5. The van der Waals surface area contributed by atoms with Crippen molar-refractivity contribution in [2.24, 2.45) is 0 Å². The number of hydrogen-bond donors (Lipinski definition) is 1. The van der Waals surface area contributed by atoms with Gasteiger partial charge in [-0.2, -0.15) is 0 Å². The van der Waals surface area contributed by atoms with Gasteiger partial charge in [-0.25, -0.2) is 4.98 Å². The Hall–Kier alpha value is -1.43. The summed E-state index contributed by atoms with van der Waals surface area (Å²) in [6.45, 7) is 2.89. The lowest BCUT2D eigenvalue weighted by Gasteiger charge is -2.05. The standard InChI is InChI=1S/C10H15N5S/c1-3-4-9-12-5-6-15(9)7-8-10(11-2)16-14-13-8/h5-6,11H,3-4,7H2,1-2H3. The molecular formula is C10H15N5S. The second-order valence-electron chi connectivity index (χ2n) is 3.52. The van der Waals surface area contributed by atoms with Crippen LogP contribution in [0.5, 0.6) is 0 Å². The van der Waals surface area contributed by atoms with Gasteiger partial charge >= 0.3 is 0 Å². The van der Waals surface area contributed by atoms with Gasteiger partial charge in [-0.3, -0.25) is 0 Å². The third kappa shape index (κ3) is 2.21. The van der Waals surface area contributed by atoms with Gasteiger partial charge in [-0.05, 0) is 6.42 Å². The molecular weight excluding hydrogens is 222 g/mol. The highest BCUT2D eigenvalue weighted by molar-refractivity contribution is 7.10. The molecule has 0 aliphatic heterocycles. The topological polar surface area (TPSA) is 55.6 Å². The first-order valence-electron chi connectivity index (χ1n) is 5.34. The van der Waals surface area contributed by atoms with E-state index < -0.39 is 0 Å². The maximum atomic E-state index is 4.34. The van der Waals surface area contributed by atoms with E-state index in [1.165, 1.54) is 11.5 Å². The molecule has 0 saturated carbocycles. The molecule has 86 valence electrons. The maximum absolute atomic E-state index is 4.34. The lowest BCUT2D eigenvalue weighted by atomic mass is 10.3. The van der Waals surface area contributed by atoms with Crippen LogP contribution in [0.1, 0.15) is 24.9 Å². The predicted molar refractivity (Wildman–Crippen MR) is 64.8 cm³/mol. The van der Waals surface area contributed by atoms with Crippen LogP contribution in [0.3, 0.4) is 0 Å². The lowest BCUT2D eigenvalue weighted by Crippen LogP contribution is -2.06. The molecule has 0 atom stereocenters. The molecule has 0 fully saturated rings. The molecule has 2 aromatic heterocycles. The fourth-order valence-electron chi connectivity index (χ4n) is 1.60. The molecule has 16 heavy (non-hydrogen) atoms. The van der Waals surface area contributed by atoms with Crippen LogP contribution in [0.15, 0.2) is 12.4 Å². The zero-order chi connectivity index (χ0) is 11.4. The average molecular weight is 237 g/mol. The summed E-state index contributed by atoms with van der Waals surface area (Å²) in [6, 6.07) is 0. The van der Waals surface area contributed by atoms with Crippen molar-refractivity contribution in [3.05, 3.63) is 23.9 Å². The number of rotatable bonds is 5. The SMILES string of the molecule is CCCc1nccn1Cc1nnsc1NC. The number of anilines is 1. The smallest absolute Gasteiger partial charge is 0.134 e. The van der Waals surface area contributed by atoms with Gasteiger partial charge in [-0.1, -0.05) is 11.4 Å². The second kappa shape index (κ2) is 5.07. The Bertz CT molecular complexity index is 448. The van der Waals surface area contributed by atoms with E-state index in [0.717, 1.165) is 35.9 Å². The number of nitrogens with zero attached hydrogens (tertiary/aromatic N) is 4. The Kier molecular flexibility index (Phi) is 3.51. The van der Waals surface area contributed by atoms with E-state index in [4.69, 9.17) is 0 Å². The van der Waals surface area contributed by atoms with Crippen LogP contribution in [-0.2, 0) is 13.0 Å². The van der Waals surface area contributed by atoms with Crippen molar-refractivity contribution in [3.8, 4) is 0 Å². The van der Waals surface area contributed by atoms with Crippen LogP contribution in [-0.4, -0.2) is 26.2 Å². The largest absolute Gasteiger partial charge is 0.377 e. The summed E-state index contributed by atoms with van der Waals surface area (Å²) in [5.41, 5.74) is 0.975. The molecule has 2 rings (SSSR count). The normalized spacial score (nSPS) is 10.6. The molecule has 0 aliphatic carbocycles. The fraction of sp³-hybridized carbons (Fsp3) is 0.500. The van der Waals surface area contributed by atoms with E-state index in [1.54, 1.807) is 0 Å². The maximum Gasteiger partial charge on any atom is 0.134 e. The number of aryl methyl sites for hydroxylation is 1. The lowest BCUT2D eigenvalue weighted by molar-refractivity contribution is 0.692. The Morgan fingerprint density at radius 2 is 2.38 bits per heavy atom. The third-order valence-corrected chi connectivity index (χ3v) is 3.16. The summed E-state index contributed by atoms with van der Waals surface area (Å²) >= 11 is 1.38. The van der Waals surface area contributed by atoms with E-state index in [0.29, 0.717) is 0 Å². The van der Waals surface area contributed by atoms with Crippen LogP contribution < -0.4 is 5.32 Å². The van der Waals surface area contributed by atoms with Crippen LogP contribution >= 0.6 is 11.5 Å². The molecule has 0 aliphatic rings. The molecule has 0 unspecified atom stereocenters. The minimum Gasteiger partial charge on any atom is -0.377 e. The van der Waals surface area contributed by atoms with Crippen LogP contribution in [0.2, 0.25) is 0 Å². The van der Waals surface area contributed by atoms with Gasteiger partial charge < -0.3 is 9.88 Å². The Balaban J connectivity index is 2.17. The Morgan fingerprint density at radius 1 is 1.50 bits per heavy atom.